The van der Waals surface area contributed by atoms with Crippen LogP contribution in [0.15, 0.2) is 103 Å². The zero-order chi connectivity index (χ0) is 24.5. The van der Waals surface area contributed by atoms with Crippen molar-refractivity contribution in [1.29, 1.82) is 0 Å². The number of carbonyl (C=O) groups is 2. The van der Waals surface area contributed by atoms with E-state index in [0.717, 1.165) is 22.6 Å². The summed E-state index contributed by atoms with van der Waals surface area (Å²) in [6.45, 7) is 2.55. The smallest absolute Gasteiger partial charge is 0.255 e. The second-order valence-corrected chi connectivity index (χ2v) is 8.10. The molecule has 2 amide bonds. The average molecular weight is 466 g/mol. The van der Waals surface area contributed by atoms with Crippen molar-refractivity contribution < 1.29 is 14.3 Å². The van der Waals surface area contributed by atoms with Gasteiger partial charge in [-0.15, -0.1) is 0 Å². The topological polar surface area (TPSA) is 79.5 Å². The van der Waals surface area contributed by atoms with Gasteiger partial charge in [-0.3, -0.25) is 9.59 Å². The summed E-state index contributed by atoms with van der Waals surface area (Å²) in [7, 11) is 0. The van der Waals surface area contributed by atoms with Gasteiger partial charge in [-0.1, -0.05) is 48.0 Å². The number of amides is 2. The highest BCUT2D eigenvalue weighted by Gasteiger charge is 2.07. The van der Waals surface area contributed by atoms with E-state index in [9.17, 15) is 9.59 Å². The Morgan fingerprint density at radius 2 is 1.37 bits per heavy atom. The molecule has 0 saturated heterocycles. The molecule has 0 aliphatic heterocycles. The lowest BCUT2D eigenvalue weighted by Crippen LogP contribution is -2.21. The molecule has 6 heteroatoms. The Kier molecular flexibility index (Phi) is 7.76. The SMILES string of the molecule is Cc1cccc(C(=O)Nc2ccc(NCC(=O)Nc3ccc(OCc4ccccc4)cc3)cc2)c1. The van der Waals surface area contributed by atoms with E-state index in [0.29, 0.717) is 23.5 Å². The van der Waals surface area contributed by atoms with E-state index in [2.05, 4.69) is 16.0 Å². The highest BCUT2D eigenvalue weighted by Crippen LogP contribution is 2.18. The molecule has 4 aromatic rings. The van der Waals surface area contributed by atoms with Crippen molar-refractivity contribution in [3.8, 4) is 5.75 Å². The first-order chi connectivity index (χ1) is 17.0. The number of hydrogen-bond donors (Lipinski definition) is 3. The van der Waals surface area contributed by atoms with Crippen molar-refractivity contribution >= 4 is 28.9 Å². The lowest BCUT2D eigenvalue weighted by atomic mass is 10.1. The monoisotopic (exact) mass is 465 g/mol. The van der Waals surface area contributed by atoms with Crippen molar-refractivity contribution in [3.63, 3.8) is 0 Å². The Morgan fingerprint density at radius 1 is 0.714 bits per heavy atom. The summed E-state index contributed by atoms with van der Waals surface area (Å²) in [5, 5.41) is 8.82. The van der Waals surface area contributed by atoms with E-state index in [-0.39, 0.29) is 18.4 Å². The Bertz CT molecular complexity index is 1270. The van der Waals surface area contributed by atoms with Gasteiger partial charge in [0, 0.05) is 22.6 Å². The molecule has 35 heavy (non-hydrogen) atoms. The van der Waals surface area contributed by atoms with Gasteiger partial charge >= 0.3 is 0 Å². The van der Waals surface area contributed by atoms with Crippen LogP contribution in [0.3, 0.4) is 0 Å². The van der Waals surface area contributed by atoms with Gasteiger partial charge in [0.25, 0.3) is 5.91 Å². The summed E-state index contributed by atoms with van der Waals surface area (Å²) in [6, 6.07) is 31.9. The van der Waals surface area contributed by atoms with Gasteiger partial charge in [0.2, 0.25) is 5.91 Å². The van der Waals surface area contributed by atoms with Gasteiger partial charge in [-0.2, -0.15) is 0 Å². The maximum absolute atomic E-state index is 12.4. The molecule has 0 fully saturated rings. The minimum atomic E-state index is -0.167. The predicted molar refractivity (Wildman–Crippen MR) is 140 cm³/mol. The van der Waals surface area contributed by atoms with Crippen molar-refractivity contribution in [2.45, 2.75) is 13.5 Å². The lowest BCUT2D eigenvalue weighted by molar-refractivity contribution is -0.114. The third-order valence-corrected chi connectivity index (χ3v) is 5.26. The molecule has 0 atom stereocenters. The first-order valence-electron chi connectivity index (χ1n) is 11.3. The third kappa shape index (κ3) is 7.20. The predicted octanol–water partition coefficient (Wildman–Crippen LogP) is 5.88. The standard InChI is InChI=1S/C29H27N3O3/c1-21-6-5-9-23(18-21)29(34)32-26-12-10-24(11-13-26)30-19-28(33)31-25-14-16-27(17-15-25)35-20-22-7-3-2-4-8-22/h2-18,30H,19-20H2,1H3,(H,31,33)(H,32,34). The number of aryl methyl sites for hydroxylation is 1. The molecule has 0 spiro atoms. The molecule has 0 heterocycles. The Morgan fingerprint density at radius 3 is 2.09 bits per heavy atom. The fourth-order valence-electron chi connectivity index (χ4n) is 3.42. The van der Waals surface area contributed by atoms with Gasteiger partial charge < -0.3 is 20.7 Å². The largest absolute Gasteiger partial charge is 0.489 e. The van der Waals surface area contributed by atoms with Crippen LogP contribution >= 0.6 is 0 Å². The van der Waals surface area contributed by atoms with E-state index in [1.807, 2.05) is 91.9 Å². The van der Waals surface area contributed by atoms with Crippen LogP contribution in [0.4, 0.5) is 17.1 Å². The molecule has 0 radical (unpaired) electrons. The molecule has 0 aliphatic carbocycles. The van der Waals surface area contributed by atoms with Crippen molar-refractivity contribution in [3.05, 3.63) is 120 Å². The maximum Gasteiger partial charge on any atom is 0.255 e. The zero-order valence-corrected chi connectivity index (χ0v) is 19.5. The van der Waals surface area contributed by atoms with E-state index >= 15 is 0 Å². The number of ether oxygens (including phenoxy) is 1. The van der Waals surface area contributed by atoms with Crippen LogP contribution in [0.1, 0.15) is 21.5 Å². The van der Waals surface area contributed by atoms with Crippen molar-refractivity contribution in [2.24, 2.45) is 0 Å². The molecule has 0 bridgehead atoms. The van der Waals surface area contributed by atoms with Gasteiger partial charge in [0.05, 0.1) is 6.54 Å². The third-order valence-electron chi connectivity index (χ3n) is 5.26. The second-order valence-electron chi connectivity index (χ2n) is 8.10. The number of nitrogens with one attached hydrogen (secondary N) is 3. The second kappa shape index (κ2) is 11.5. The van der Waals surface area contributed by atoms with Gasteiger partial charge in [0.1, 0.15) is 12.4 Å². The summed E-state index contributed by atoms with van der Waals surface area (Å²) >= 11 is 0. The summed E-state index contributed by atoms with van der Waals surface area (Å²) < 4.78 is 5.77. The van der Waals surface area contributed by atoms with E-state index in [1.165, 1.54) is 0 Å². The number of carbonyl (C=O) groups excluding carboxylic acids is 2. The highest BCUT2D eigenvalue weighted by atomic mass is 16.5. The zero-order valence-electron chi connectivity index (χ0n) is 19.5. The Hall–Kier alpha value is -4.58. The summed E-state index contributed by atoms with van der Waals surface area (Å²) in [4.78, 5) is 24.7. The van der Waals surface area contributed by atoms with Gasteiger partial charge in [0.15, 0.2) is 0 Å². The van der Waals surface area contributed by atoms with Crippen LogP contribution < -0.4 is 20.7 Å². The first kappa shape index (κ1) is 23.6. The van der Waals surface area contributed by atoms with E-state index in [1.54, 1.807) is 18.2 Å². The molecular weight excluding hydrogens is 438 g/mol. The molecular formula is C29H27N3O3. The van der Waals surface area contributed by atoms with Crippen LogP contribution in [0, 0.1) is 6.92 Å². The summed E-state index contributed by atoms with van der Waals surface area (Å²) in [5.41, 5.74) is 4.89. The van der Waals surface area contributed by atoms with Crippen LogP contribution in [0.5, 0.6) is 5.75 Å². The summed E-state index contributed by atoms with van der Waals surface area (Å²) in [6.07, 6.45) is 0. The number of benzene rings is 4. The molecule has 6 nitrogen and oxygen atoms in total. The minimum absolute atomic E-state index is 0.112. The number of hydrogen-bond acceptors (Lipinski definition) is 4. The average Bonchev–Trinajstić information content (AvgIpc) is 2.88. The van der Waals surface area contributed by atoms with Crippen LogP contribution in [-0.2, 0) is 11.4 Å². The van der Waals surface area contributed by atoms with E-state index < -0.39 is 0 Å². The lowest BCUT2D eigenvalue weighted by Gasteiger charge is -2.10. The van der Waals surface area contributed by atoms with E-state index in [4.69, 9.17) is 4.74 Å². The quantitative estimate of drug-likeness (QED) is 0.289. The van der Waals surface area contributed by atoms with Crippen LogP contribution in [0.25, 0.3) is 0 Å². The molecule has 0 unspecified atom stereocenters. The normalized spacial score (nSPS) is 10.3. The van der Waals surface area contributed by atoms with Gasteiger partial charge in [-0.05, 0) is 73.2 Å². The fourth-order valence-corrected chi connectivity index (χ4v) is 3.42. The first-order valence-corrected chi connectivity index (χ1v) is 11.3. The van der Waals surface area contributed by atoms with Crippen molar-refractivity contribution in [2.75, 3.05) is 22.5 Å². The van der Waals surface area contributed by atoms with Crippen molar-refractivity contribution in [1.82, 2.24) is 0 Å². The molecule has 176 valence electrons. The van der Waals surface area contributed by atoms with Crippen LogP contribution in [-0.4, -0.2) is 18.4 Å². The maximum atomic E-state index is 12.4. The molecule has 4 aromatic carbocycles. The molecule has 3 N–H and O–H groups in total. The fraction of sp³-hybridized carbons (Fsp3) is 0.103. The summed E-state index contributed by atoms with van der Waals surface area (Å²) in [5.74, 6) is 0.407. The highest BCUT2D eigenvalue weighted by molar-refractivity contribution is 6.04. The minimum Gasteiger partial charge on any atom is -0.489 e. The molecule has 0 saturated carbocycles. The number of anilines is 3. The number of rotatable bonds is 9. The molecule has 4 rings (SSSR count). The molecule has 0 aromatic heterocycles. The van der Waals surface area contributed by atoms with Gasteiger partial charge in [-0.25, -0.2) is 0 Å². The van der Waals surface area contributed by atoms with Crippen LogP contribution in [0.2, 0.25) is 0 Å². The Balaban J connectivity index is 1.21. The Labute approximate surface area is 205 Å². The molecule has 0 aliphatic rings.